The maximum atomic E-state index is 12.8. The number of benzene rings is 2. The molecule has 1 saturated heterocycles. The van der Waals surface area contributed by atoms with E-state index in [1.807, 2.05) is 55.1 Å². The Balaban J connectivity index is 1.47. The Morgan fingerprint density at radius 1 is 1.16 bits per heavy atom. The number of nitro benzene ring substituents is 1. The lowest BCUT2D eigenvalue weighted by Crippen LogP contribution is -2.44. The molecular formula is C24H26N4O4. The van der Waals surface area contributed by atoms with Gasteiger partial charge in [-0.15, -0.1) is 0 Å². The molecule has 2 aromatic carbocycles. The maximum absolute atomic E-state index is 12.8. The third-order valence-electron chi connectivity index (χ3n) is 6.39. The number of carbonyl (C=O) groups is 1. The van der Waals surface area contributed by atoms with Gasteiger partial charge in [0.2, 0.25) is 0 Å². The van der Waals surface area contributed by atoms with Crippen LogP contribution in [0.15, 0.2) is 48.5 Å². The van der Waals surface area contributed by atoms with Crippen molar-refractivity contribution in [2.45, 2.75) is 63.3 Å². The molecule has 0 unspecified atom stereocenters. The van der Waals surface area contributed by atoms with Crippen LogP contribution in [-0.2, 0) is 4.74 Å². The predicted molar refractivity (Wildman–Crippen MR) is 119 cm³/mol. The van der Waals surface area contributed by atoms with E-state index in [4.69, 9.17) is 10.00 Å². The lowest BCUT2D eigenvalue weighted by molar-refractivity contribution is -0.384. The van der Waals surface area contributed by atoms with Gasteiger partial charge in [0.05, 0.1) is 22.6 Å². The molecule has 0 spiro atoms. The molecule has 1 saturated carbocycles. The van der Waals surface area contributed by atoms with Crippen molar-refractivity contribution in [3.63, 3.8) is 0 Å². The SMILES string of the molecule is CC1(C)OC(=O)N([C@H]2CC[C@H](Nc3ccc(C#N)cc3[N+](=O)[O-])CC2)[C@H]1c1ccccc1. The second kappa shape index (κ2) is 8.50. The van der Waals surface area contributed by atoms with Crippen molar-refractivity contribution in [3.8, 4) is 6.07 Å². The predicted octanol–water partition coefficient (Wildman–Crippen LogP) is 5.16. The minimum atomic E-state index is -0.628. The van der Waals surface area contributed by atoms with Gasteiger partial charge in [-0.3, -0.25) is 15.0 Å². The molecule has 8 nitrogen and oxygen atoms in total. The molecule has 0 bridgehead atoms. The van der Waals surface area contributed by atoms with Crippen LogP contribution in [0.5, 0.6) is 0 Å². The number of nitrogens with one attached hydrogen (secondary N) is 1. The number of ether oxygens (including phenoxy) is 1. The van der Waals surface area contributed by atoms with Crippen LogP contribution in [0.25, 0.3) is 0 Å². The molecule has 2 aromatic rings. The summed E-state index contributed by atoms with van der Waals surface area (Å²) in [6.07, 6.45) is 2.80. The number of carbonyl (C=O) groups excluding carboxylic acids is 1. The molecule has 2 aliphatic rings. The quantitative estimate of drug-likeness (QED) is 0.514. The van der Waals surface area contributed by atoms with Gasteiger partial charge in [0.1, 0.15) is 11.3 Å². The van der Waals surface area contributed by atoms with Crippen LogP contribution in [0.4, 0.5) is 16.2 Å². The maximum Gasteiger partial charge on any atom is 0.411 e. The van der Waals surface area contributed by atoms with Gasteiger partial charge in [-0.2, -0.15) is 5.26 Å². The normalized spacial score (nSPS) is 24.5. The Labute approximate surface area is 186 Å². The van der Waals surface area contributed by atoms with Crippen LogP contribution in [0, 0.1) is 21.4 Å². The molecule has 4 rings (SSSR count). The molecule has 1 amide bonds. The number of hydrogen-bond donors (Lipinski definition) is 1. The molecule has 0 radical (unpaired) electrons. The van der Waals surface area contributed by atoms with E-state index in [1.165, 1.54) is 6.07 Å². The third-order valence-corrected chi connectivity index (χ3v) is 6.39. The highest BCUT2D eigenvalue weighted by molar-refractivity contribution is 5.72. The number of nitrogens with zero attached hydrogens (tertiary/aromatic N) is 3. The number of hydrogen-bond acceptors (Lipinski definition) is 6. The Morgan fingerprint density at radius 3 is 2.47 bits per heavy atom. The second-order valence-corrected chi connectivity index (χ2v) is 8.94. The minimum Gasteiger partial charge on any atom is -0.441 e. The van der Waals surface area contributed by atoms with Crippen molar-refractivity contribution in [1.82, 2.24) is 4.90 Å². The standard InChI is InChI=1S/C24H26N4O4/c1-24(2)22(17-6-4-3-5-7-17)27(23(29)32-24)19-11-9-18(10-12-19)26-20-13-8-16(15-25)14-21(20)28(30)31/h3-8,13-14,18-19,22,26H,9-12H2,1-2H3/t18-,19-,22-/m0/s1. The largest absolute Gasteiger partial charge is 0.441 e. The number of amides is 1. The summed E-state index contributed by atoms with van der Waals surface area (Å²) >= 11 is 0. The minimum absolute atomic E-state index is 0.0449. The van der Waals surface area contributed by atoms with E-state index in [1.54, 1.807) is 12.1 Å². The molecule has 0 aromatic heterocycles. The Hall–Kier alpha value is -3.60. The molecular weight excluding hydrogens is 408 g/mol. The number of nitro groups is 1. The first kappa shape index (κ1) is 21.6. The fourth-order valence-electron chi connectivity index (χ4n) is 4.92. The van der Waals surface area contributed by atoms with Crippen molar-refractivity contribution in [2.75, 3.05) is 5.32 Å². The first-order valence-electron chi connectivity index (χ1n) is 10.8. The van der Waals surface area contributed by atoms with Gasteiger partial charge in [0.25, 0.3) is 5.69 Å². The number of rotatable bonds is 5. The van der Waals surface area contributed by atoms with Crippen LogP contribution in [-0.4, -0.2) is 33.6 Å². The molecule has 32 heavy (non-hydrogen) atoms. The number of cyclic esters (lactones) is 1. The first-order chi connectivity index (χ1) is 15.3. The summed E-state index contributed by atoms with van der Waals surface area (Å²) in [6, 6.07) is 16.3. The molecule has 2 fully saturated rings. The molecule has 1 aliphatic heterocycles. The highest BCUT2D eigenvalue weighted by Crippen LogP contribution is 2.44. The average Bonchev–Trinajstić information content (AvgIpc) is 3.03. The fraction of sp³-hybridized carbons (Fsp3) is 0.417. The monoisotopic (exact) mass is 434 g/mol. The van der Waals surface area contributed by atoms with Gasteiger partial charge in [-0.25, -0.2) is 4.79 Å². The van der Waals surface area contributed by atoms with E-state index in [-0.39, 0.29) is 35.5 Å². The van der Waals surface area contributed by atoms with Gasteiger partial charge in [-0.05, 0) is 57.2 Å². The Morgan fingerprint density at radius 2 is 1.84 bits per heavy atom. The number of nitriles is 1. The van der Waals surface area contributed by atoms with Crippen LogP contribution in [0.1, 0.15) is 56.7 Å². The van der Waals surface area contributed by atoms with Crippen molar-refractivity contribution < 1.29 is 14.5 Å². The van der Waals surface area contributed by atoms with E-state index >= 15 is 0 Å². The summed E-state index contributed by atoms with van der Waals surface area (Å²) in [4.78, 5) is 25.6. The van der Waals surface area contributed by atoms with Gasteiger partial charge in [-0.1, -0.05) is 30.3 Å². The van der Waals surface area contributed by atoms with E-state index in [2.05, 4.69) is 5.32 Å². The highest BCUT2D eigenvalue weighted by Gasteiger charge is 2.51. The molecule has 1 atom stereocenters. The zero-order valence-corrected chi connectivity index (χ0v) is 18.2. The smallest absolute Gasteiger partial charge is 0.411 e. The van der Waals surface area contributed by atoms with E-state index in [0.29, 0.717) is 5.69 Å². The first-order valence-corrected chi connectivity index (χ1v) is 10.8. The van der Waals surface area contributed by atoms with E-state index in [9.17, 15) is 14.9 Å². The lowest BCUT2D eigenvalue weighted by atomic mass is 9.86. The van der Waals surface area contributed by atoms with Crippen LogP contribution in [0.2, 0.25) is 0 Å². The van der Waals surface area contributed by atoms with Crippen molar-refractivity contribution in [3.05, 3.63) is 69.8 Å². The molecule has 8 heteroatoms. The van der Waals surface area contributed by atoms with Gasteiger partial charge < -0.3 is 10.1 Å². The van der Waals surface area contributed by atoms with Crippen LogP contribution < -0.4 is 5.32 Å². The summed E-state index contributed by atoms with van der Waals surface area (Å²) in [6.45, 7) is 3.89. The fourth-order valence-corrected chi connectivity index (χ4v) is 4.92. The summed E-state index contributed by atoms with van der Waals surface area (Å²) in [7, 11) is 0. The summed E-state index contributed by atoms with van der Waals surface area (Å²) in [5.41, 5.74) is 1.00. The topological polar surface area (TPSA) is 108 Å². The highest BCUT2D eigenvalue weighted by atomic mass is 16.6. The van der Waals surface area contributed by atoms with Crippen molar-refractivity contribution >= 4 is 17.5 Å². The van der Waals surface area contributed by atoms with Crippen molar-refractivity contribution in [1.29, 1.82) is 5.26 Å². The summed E-state index contributed by atoms with van der Waals surface area (Å²) in [5, 5.41) is 23.7. The molecule has 166 valence electrons. The van der Waals surface area contributed by atoms with Crippen LogP contribution >= 0.6 is 0 Å². The van der Waals surface area contributed by atoms with Gasteiger partial charge in [0, 0.05) is 18.2 Å². The average molecular weight is 434 g/mol. The zero-order valence-electron chi connectivity index (χ0n) is 18.2. The molecule has 1 aliphatic carbocycles. The van der Waals surface area contributed by atoms with Crippen LogP contribution in [0.3, 0.4) is 0 Å². The third kappa shape index (κ3) is 4.11. The summed E-state index contributed by atoms with van der Waals surface area (Å²) < 4.78 is 5.74. The number of anilines is 1. The Bertz CT molecular complexity index is 1060. The second-order valence-electron chi connectivity index (χ2n) is 8.94. The molecule has 1 heterocycles. The van der Waals surface area contributed by atoms with E-state index < -0.39 is 10.5 Å². The Kier molecular flexibility index (Phi) is 5.74. The van der Waals surface area contributed by atoms with Crippen molar-refractivity contribution in [2.24, 2.45) is 0 Å². The van der Waals surface area contributed by atoms with Gasteiger partial charge >= 0.3 is 6.09 Å². The lowest BCUT2D eigenvalue weighted by Gasteiger charge is -2.38. The molecule has 1 N–H and O–H groups in total. The van der Waals surface area contributed by atoms with E-state index in [0.717, 1.165) is 31.2 Å². The zero-order chi connectivity index (χ0) is 22.9. The van der Waals surface area contributed by atoms with Gasteiger partial charge in [0.15, 0.2) is 0 Å². The summed E-state index contributed by atoms with van der Waals surface area (Å²) in [5.74, 6) is 0.